The molecule has 0 aliphatic carbocycles. The fourth-order valence-corrected chi connectivity index (χ4v) is 3.68. The molecule has 0 aromatic rings. The van der Waals surface area contributed by atoms with Gasteiger partial charge in [-0.05, 0) is 32.1 Å². The van der Waals surface area contributed by atoms with E-state index in [1.165, 1.54) is 45.4 Å². The van der Waals surface area contributed by atoms with Crippen LogP contribution in [0.15, 0.2) is 12.2 Å². The van der Waals surface area contributed by atoms with Gasteiger partial charge in [-0.3, -0.25) is 18.6 Å². The minimum absolute atomic E-state index is 0.0769. The highest BCUT2D eigenvalue weighted by atomic mass is 31.2. The fourth-order valence-electron chi connectivity index (χ4n) is 2.92. The number of phosphoric ester groups is 1. The van der Waals surface area contributed by atoms with E-state index in [4.69, 9.17) is 4.52 Å². The largest absolute Gasteiger partial charge is 0.472 e. The number of allylic oxidation sites excluding steroid dienone is 2. The number of carbonyl (C=O) groups excluding carboxylic acids is 2. The van der Waals surface area contributed by atoms with Gasteiger partial charge < -0.3 is 20.1 Å². The van der Waals surface area contributed by atoms with Crippen molar-refractivity contribution in [3.63, 3.8) is 0 Å². The lowest BCUT2D eigenvalue weighted by atomic mass is 10.1. The highest BCUT2D eigenvalue weighted by Gasteiger charge is 2.23. The Balaban J connectivity index is 3.57. The number of unbranched alkanes of at least 4 members (excludes halogenated alkanes) is 9. The van der Waals surface area contributed by atoms with Crippen molar-refractivity contribution in [2.24, 2.45) is 0 Å². The Kier molecular flexibility index (Phi) is 20.5. The number of ether oxygens (including phenoxy) is 1. The molecule has 0 aliphatic heterocycles. The van der Waals surface area contributed by atoms with Gasteiger partial charge in [-0.15, -0.1) is 0 Å². The number of aliphatic hydroxyl groups is 1. The number of aliphatic hydroxyl groups excluding tert-OH is 1. The zero-order valence-electron chi connectivity index (χ0n) is 20.3. The number of nitrogens with one attached hydrogen (secondary N) is 1. The van der Waals surface area contributed by atoms with Crippen LogP contribution in [0, 0.1) is 0 Å². The number of hydrogen-bond acceptors (Lipinski definition) is 7. The number of hydrogen-bond donors (Lipinski definition) is 3. The van der Waals surface area contributed by atoms with Crippen molar-refractivity contribution in [3.8, 4) is 0 Å². The van der Waals surface area contributed by atoms with Crippen molar-refractivity contribution in [1.82, 2.24) is 5.32 Å². The number of phosphoric acid groups is 1. The molecule has 0 radical (unpaired) electrons. The molecule has 9 nitrogen and oxygen atoms in total. The molecule has 0 rings (SSSR count). The molecule has 0 aliphatic rings. The van der Waals surface area contributed by atoms with Crippen LogP contribution in [0.5, 0.6) is 0 Å². The summed E-state index contributed by atoms with van der Waals surface area (Å²) in [6, 6.07) is 0. The van der Waals surface area contributed by atoms with Crippen LogP contribution >= 0.6 is 7.82 Å². The molecule has 2 atom stereocenters. The molecule has 0 saturated carbocycles. The predicted octanol–water partition coefficient (Wildman–Crippen LogP) is 4.42. The molecule has 3 N–H and O–H groups in total. The molecule has 0 aromatic carbocycles. The Hall–Kier alpha value is -1.25. The van der Waals surface area contributed by atoms with E-state index in [2.05, 4.69) is 33.7 Å². The van der Waals surface area contributed by atoms with E-state index in [1.807, 2.05) is 0 Å². The third-order valence-corrected chi connectivity index (χ3v) is 5.74. The molecule has 0 heterocycles. The molecular formula is C23H44NO8P. The second-order valence-electron chi connectivity index (χ2n) is 8.03. The number of amides is 1. The Morgan fingerprint density at radius 2 is 1.55 bits per heavy atom. The van der Waals surface area contributed by atoms with E-state index in [1.54, 1.807) is 0 Å². The summed E-state index contributed by atoms with van der Waals surface area (Å²) in [6.07, 6.45) is 16.5. The minimum Gasteiger partial charge on any atom is -0.463 e. The van der Waals surface area contributed by atoms with E-state index in [-0.39, 0.29) is 25.7 Å². The summed E-state index contributed by atoms with van der Waals surface area (Å²) in [6.45, 7) is 2.41. The number of esters is 1. The minimum atomic E-state index is -4.36. The van der Waals surface area contributed by atoms with Crippen LogP contribution in [0.4, 0.5) is 0 Å². The first kappa shape index (κ1) is 31.8. The van der Waals surface area contributed by atoms with Gasteiger partial charge >= 0.3 is 13.8 Å². The Labute approximate surface area is 198 Å². The Morgan fingerprint density at radius 3 is 2.18 bits per heavy atom. The van der Waals surface area contributed by atoms with Crippen molar-refractivity contribution >= 4 is 19.7 Å². The van der Waals surface area contributed by atoms with Gasteiger partial charge in [-0.1, -0.05) is 57.6 Å². The highest BCUT2D eigenvalue weighted by molar-refractivity contribution is 7.47. The average molecular weight is 494 g/mol. The molecule has 0 spiro atoms. The topological polar surface area (TPSA) is 131 Å². The van der Waals surface area contributed by atoms with Crippen molar-refractivity contribution < 1.29 is 37.9 Å². The molecule has 10 heteroatoms. The zero-order valence-corrected chi connectivity index (χ0v) is 21.2. The van der Waals surface area contributed by atoms with E-state index in [9.17, 15) is 24.2 Å². The average Bonchev–Trinajstić information content (AvgIpc) is 2.77. The molecule has 33 heavy (non-hydrogen) atoms. The lowest BCUT2D eigenvalue weighted by molar-refractivity contribution is -0.144. The maximum atomic E-state index is 11.8. The van der Waals surface area contributed by atoms with Crippen LogP contribution < -0.4 is 5.32 Å². The molecule has 194 valence electrons. The lowest BCUT2D eigenvalue weighted by Gasteiger charge is -2.15. The molecule has 0 saturated heterocycles. The zero-order chi connectivity index (χ0) is 24.8. The molecular weight excluding hydrogens is 449 g/mol. The molecule has 1 amide bonds. The molecule has 0 bridgehead atoms. The standard InChI is InChI=1S/C23H44NO8P/c1-3-4-5-6-7-8-9-10-11-12-13-14-15-16-23(27)24-17-18-31-33(28,29)32-20-22(26)19-30-21(2)25/h8-9,22,26H,3-7,10-20H2,1-2H3,(H,24,27)(H,28,29)/b9-8-. The van der Waals surface area contributed by atoms with Crippen LogP contribution in [0.25, 0.3) is 0 Å². The SMILES string of the molecule is CCCCCC/C=C\CCCCCCCC(=O)NCCOP(=O)(O)OCC(O)COC(C)=O. The number of rotatable bonds is 22. The van der Waals surface area contributed by atoms with E-state index in [0.717, 1.165) is 32.1 Å². The summed E-state index contributed by atoms with van der Waals surface area (Å²) < 4.78 is 25.6. The molecule has 2 unspecified atom stereocenters. The smallest absolute Gasteiger partial charge is 0.463 e. The first-order chi connectivity index (χ1) is 15.8. The summed E-state index contributed by atoms with van der Waals surface area (Å²) >= 11 is 0. The first-order valence-corrected chi connectivity index (χ1v) is 13.6. The maximum absolute atomic E-state index is 11.8. The van der Waals surface area contributed by atoms with Crippen LogP contribution in [0.2, 0.25) is 0 Å². The van der Waals surface area contributed by atoms with Gasteiger partial charge in [0.1, 0.15) is 12.7 Å². The summed E-state index contributed by atoms with van der Waals surface area (Å²) in [5, 5.41) is 12.1. The third kappa shape index (κ3) is 23.7. The monoisotopic (exact) mass is 493 g/mol. The van der Waals surface area contributed by atoms with E-state index >= 15 is 0 Å². The normalized spacial score (nSPS) is 14.2. The Morgan fingerprint density at radius 1 is 0.939 bits per heavy atom. The molecule has 0 aromatic heterocycles. The Bertz CT molecular complexity index is 585. The quantitative estimate of drug-likeness (QED) is 0.0874. The van der Waals surface area contributed by atoms with Gasteiger partial charge in [-0.25, -0.2) is 4.57 Å². The van der Waals surface area contributed by atoms with E-state index in [0.29, 0.717) is 6.42 Å². The fraction of sp³-hybridized carbons (Fsp3) is 0.826. The maximum Gasteiger partial charge on any atom is 0.472 e. The van der Waals surface area contributed by atoms with Crippen molar-refractivity contribution in [1.29, 1.82) is 0 Å². The summed E-state index contributed by atoms with van der Waals surface area (Å²) in [7, 11) is -4.36. The van der Waals surface area contributed by atoms with Crippen LogP contribution in [-0.4, -0.2) is 54.3 Å². The highest BCUT2D eigenvalue weighted by Crippen LogP contribution is 2.42. The van der Waals surface area contributed by atoms with E-state index < -0.39 is 26.5 Å². The van der Waals surface area contributed by atoms with Gasteiger partial charge in [0.05, 0.1) is 13.2 Å². The van der Waals surface area contributed by atoms with Gasteiger partial charge in [0.25, 0.3) is 0 Å². The van der Waals surface area contributed by atoms with Crippen molar-refractivity contribution in [2.75, 3.05) is 26.4 Å². The van der Waals surface area contributed by atoms with Gasteiger partial charge in [-0.2, -0.15) is 0 Å². The summed E-state index contributed by atoms with van der Waals surface area (Å²) in [4.78, 5) is 31.9. The molecule has 0 fully saturated rings. The van der Waals surface area contributed by atoms with Crippen molar-refractivity contribution in [2.45, 2.75) is 97.0 Å². The van der Waals surface area contributed by atoms with Gasteiger partial charge in [0.2, 0.25) is 5.91 Å². The second-order valence-corrected chi connectivity index (χ2v) is 9.48. The van der Waals surface area contributed by atoms with Crippen LogP contribution in [-0.2, 0) is 27.9 Å². The van der Waals surface area contributed by atoms with Gasteiger partial charge in [0.15, 0.2) is 0 Å². The lowest BCUT2D eigenvalue weighted by Crippen LogP contribution is -2.27. The summed E-state index contributed by atoms with van der Waals surface area (Å²) in [5.41, 5.74) is 0. The second kappa shape index (κ2) is 21.3. The van der Waals surface area contributed by atoms with Gasteiger partial charge in [0, 0.05) is 19.9 Å². The summed E-state index contributed by atoms with van der Waals surface area (Å²) in [5.74, 6) is -0.709. The third-order valence-electron chi connectivity index (χ3n) is 4.75. The number of carbonyl (C=O) groups is 2. The van der Waals surface area contributed by atoms with Crippen LogP contribution in [0.1, 0.15) is 90.9 Å². The van der Waals surface area contributed by atoms with Crippen molar-refractivity contribution in [3.05, 3.63) is 12.2 Å². The predicted molar refractivity (Wildman–Crippen MR) is 128 cm³/mol. The van der Waals surface area contributed by atoms with Crippen LogP contribution in [0.3, 0.4) is 0 Å². The first-order valence-electron chi connectivity index (χ1n) is 12.1.